The zero-order chi connectivity index (χ0) is 15.6. The Labute approximate surface area is 130 Å². The van der Waals surface area contributed by atoms with Crippen molar-refractivity contribution in [2.24, 2.45) is 5.92 Å². The minimum absolute atomic E-state index is 0.0598. The first-order valence-corrected chi connectivity index (χ1v) is 9.38. The number of sulfone groups is 1. The maximum Gasteiger partial charge on any atom is 0.337 e. The van der Waals surface area contributed by atoms with Gasteiger partial charge in [0, 0.05) is 19.0 Å². The highest BCUT2D eigenvalue weighted by molar-refractivity contribution is 7.91. The van der Waals surface area contributed by atoms with Gasteiger partial charge < -0.3 is 9.32 Å². The Kier molecular flexibility index (Phi) is 4.34. The molecule has 8 heteroatoms. The van der Waals surface area contributed by atoms with Crippen molar-refractivity contribution in [2.75, 3.05) is 18.0 Å². The molecule has 3 rings (SSSR count). The van der Waals surface area contributed by atoms with Gasteiger partial charge in [0.1, 0.15) is 0 Å². The van der Waals surface area contributed by atoms with E-state index >= 15 is 0 Å². The van der Waals surface area contributed by atoms with Crippen LogP contribution in [0.15, 0.2) is 9.64 Å². The van der Waals surface area contributed by atoms with E-state index < -0.39 is 9.84 Å². The third-order valence-corrected chi connectivity index (χ3v) is 6.58. The van der Waals surface area contributed by atoms with Gasteiger partial charge in [0.2, 0.25) is 9.84 Å². The molecule has 22 heavy (non-hydrogen) atoms. The summed E-state index contributed by atoms with van der Waals surface area (Å²) < 4.78 is 30.5. The zero-order valence-electron chi connectivity index (χ0n) is 12.4. The lowest BCUT2D eigenvalue weighted by molar-refractivity contribution is 0.394. The SMILES string of the molecule is N#CC1CCN(c2nnc(S(=O)(=O)C3CCCCC3)o2)CC1. The fourth-order valence-corrected chi connectivity index (χ4v) is 4.75. The molecule has 1 aliphatic carbocycles. The summed E-state index contributed by atoms with van der Waals surface area (Å²) in [6, 6.07) is 2.51. The molecule has 1 aromatic heterocycles. The molecule has 0 atom stereocenters. The van der Waals surface area contributed by atoms with E-state index in [9.17, 15) is 8.42 Å². The second kappa shape index (κ2) is 6.24. The highest BCUT2D eigenvalue weighted by atomic mass is 32.2. The Hall–Kier alpha value is -1.62. The summed E-state index contributed by atoms with van der Waals surface area (Å²) in [5, 5.41) is 15.9. The van der Waals surface area contributed by atoms with Crippen molar-refractivity contribution in [1.29, 1.82) is 5.26 Å². The first-order valence-electron chi connectivity index (χ1n) is 7.83. The summed E-state index contributed by atoms with van der Waals surface area (Å²) in [4.78, 5) is 1.86. The molecule has 1 saturated heterocycles. The number of hydrogen-bond donors (Lipinski definition) is 0. The Balaban J connectivity index is 1.72. The first kappa shape index (κ1) is 15.3. The standard InChI is InChI=1S/C14H20N4O3S/c15-10-11-6-8-18(9-7-11)13-16-17-14(21-13)22(19,20)12-4-2-1-3-5-12/h11-12H,1-9H2. The van der Waals surface area contributed by atoms with Crippen molar-refractivity contribution in [1.82, 2.24) is 10.2 Å². The number of nitriles is 1. The summed E-state index contributed by atoms with van der Waals surface area (Å²) in [6.45, 7) is 1.28. The minimum Gasteiger partial charge on any atom is -0.394 e. The second-order valence-electron chi connectivity index (χ2n) is 6.05. The van der Waals surface area contributed by atoms with E-state index in [0.29, 0.717) is 25.9 Å². The topological polar surface area (TPSA) is 100 Å². The molecule has 2 aliphatic rings. The summed E-state index contributed by atoms with van der Waals surface area (Å²) in [5.41, 5.74) is 0. The van der Waals surface area contributed by atoms with Crippen molar-refractivity contribution in [2.45, 2.75) is 55.4 Å². The van der Waals surface area contributed by atoms with Crippen molar-refractivity contribution < 1.29 is 12.8 Å². The van der Waals surface area contributed by atoms with Crippen LogP contribution in [0.1, 0.15) is 44.9 Å². The molecule has 1 saturated carbocycles. The van der Waals surface area contributed by atoms with Crippen LogP contribution < -0.4 is 4.90 Å². The van der Waals surface area contributed by atoms with E-state index in [-0.39, 0.29) is 22.4 Å². The normalized spacial score (nSPS) is 21.7. The van der Waals surface area contributed by atoms with Crippen LogP contribution in [0.5, 0.6) is 0 Å². The molecule has 2 fully saturated rings. The van der Waals surface area contributed by atoms with Gasteiger partial charge in [-0.1, -0.05) is 29.5 Å². The molecule has 1 aliphatic heterocycles. The van der Waals surface area contributed by atoms with Gasteiger partial charge >= 0.3 is 11.2 Å². The van der Waals surface area contributed by atoms with E-state index in [4.69, 9.17) is 9.68 Å². The predicted molar refractivity (Wildman–Crippen MR) is 78.9 cm³/mol. The van der Waals surface area contributed by atoms with E-state index in [2.05, 4.69) is 16.3 Å². The molecule has 0 aromatic carbocycles. The molecule has 0 bridgehead atoms. The van der Waals surface area contributed by atoms with Crippen LogP contribution in [-0.4, -0.2) is 37.0 Å². The lowest BCUT2D eigenvalue weighted by atomic mass is 9.99. The van der Waals surface area contributed by atoms with Crippen LogP contribution in [-0.2, 0) is 9.84 Å². The van der Waals surface area contributed by atoms with Crippen molar-refractivity contribution in [3.05, 3.63) is 0 Å². The highest BCUT2D eigenvalue weighted by Gasteiger charge is 2.34. The molecule has 120 valence electrons. The lowest BCUT2D eigenvalue weighted by Gasteiger charge is -2.27. The Morgan fingerprint density at radius 3 is 2.41 bits per heavy atom. The molecule has 7 nitrogen and oxygen atoms in total. The van der Waals surface area contributed by atoms with Crippen LogP contribution in [0, 0.1) is 17.2 Å². The predicted octanol–water partition coefficient (Wildman–Crippen LogP) is 1.92. The summed E-state index contributed by atoms with van der Waals surface area (Å²) >= 11 is 0. The lowest BCUT2D eigenvalue weighted by Crippen LogP contribution is -2.33. The Morgan fingerprint density at radius 1 is 1.09 bits per heavy atom. The maximum absolute atomic E-state index is 12.5. The monoisotopic (exact) mass is 324 g/mol. The van der Waals surface area contributed by atoms with Crippen molar-refractivity contribution in [3.63, 3.8) is 0 Å². The van der Waals surface area contributed by atoms with Crippen LogP contribution in [0.2, 0.25) is 0 Å². The van der Waals surface area contributed by atoms with Gasteiger partial charge in [0.15, 0.2) is 0 Å². The molecule has 2 heterocycles. The summed E-state index contributed by atoms with van der Waals surface area (Å²) in [5.74, 6) is 0.0598. The third-order valence-electron chi connectivity index (χ3n) is 4.58. The van der Waals surface area contributed by atoms with E-state index in [0.717, 1.165) is 32.1 Å². The number of nitrogens with zero attached hydrogens (tertiary/aromatic N) is 4. The van der Waals surface area contributed by atoms with Gasteiger partial charge in [-0.2, -0.15) is 5.26 Å². The van der Waals surface area contributed by atoms with E-state index in [1.807, 2.05) is 4.90 Å². The largest absolute Gasteiger partial charge is 0.394 e. The number of piperidine rings is 1. The van der Waals surface area contributed by atoms with Crippen LogP contribution in [0.4, 0.5) is 6.01 Å². The average Bonchev–Trinajstić information content (AvgIpc) is 3.06. The molecule has 1 aromatic rings. The fraction of sp³-hybridized carbons (Fsp3) is 0.786. The number of hydrogen-bond acceptors (Lipinski definition) is 7. The van der Waals surface area contributed by atoms with Gasteiger partial charge in [-0.3, -0.25) is 0 Å². The van der Waals surface area contributed by atoms with Gasteiger partial charge in [-0.25, -0.2) is 8.42 Å². The Morgan fingerprint density at radius 2 is 1.77 bits per heavy atom. The molecule has 0 unspecified atom stereocenters. The molecule has 0 amide bonds. The van der Waals surface area contributed by atoms with E-state index in [1.165, 1.54) is 0 Å². The smallest absolute Gasteiger partial charge is 0.337 e. The molecule has 0 spiro atoms. The summed E-state index contributed by atoms with van der Waals surface area (Å²) in [6.07, 6.45) is 5.79. The number of anilines is 1. The zero-order valence-corrected chi connectivity index (χ0v) is 13.3. The van der Waals surface area contributed by atoms with Gasteiger partial charge in [-0.15, -0.1) is 0 Å². The van der Waals surface area contributed by atoms with Crippen molar-refractivity contribution in [3.8, 4) is 6.07 Å². The molecule has 0 N–H and O–H groups in total. The van der Waals surface area contributed by atoms with Crippen molar-refractivity contribution >= 4 is 15.9 Å². The van der Waals surface area contributed by atoms with E-state index in [1.54, 1.807) is 0 Å². The Bertz CT molecular complexity index is 650. The van der Waals surface area contributed by atoms with Crippen LogP contribution >= 0.6 is 0 Å². The second-order valence-corrected chi connectivity index (χ2v) is 8.15. The average molecular weight is 324 g/mol. The summed E-state index contributed by atoms with van der Waals surface area (Å²) in [7, 11) is -3.51. The van der Waals surface area contributed by atoms with Crippen LogP contribution in [0.25, 0.3) is 0 Å². The third kappa shape index (κ3) is 2.95. The molecule has 0 radical (unpaired) electrons. The maximum atomic E-state index is 12.5. The number of rotatable bonds is 3. The molecular weight excluding hydrogens is 304 g/mol. The van der Waals surface area contributed by atoms with Gasteiger partial charge in [-0.05, 0) is 25.7 Å². The quantitative estimate of drug-likeness (QED) is 0.837. The highest BCUT2D eigenvalue weighted by Crippen LogP contribution is 2.29. The first-order chi connectivity index (χ1) is 10.6. The van der Waals surface area contributed by atoms with Crippen LogP contribution in [0.3, 0.4) is 0 Å². The minimum atomic E-state index is -3.51. The fourth-order valence-electron chi connectivity index (χ4n) is 3.16. The van der Waals surface area contributed by atoms with Gasteiger partial charge in [0.05, 0.1) is 11.3 Å². The molecular formula is C14H20N4O3S. The number of aromatic nitrogens is 2. The van der Waals surface area contributed by atoms with Gasteiger partial charge in [0.25, 0.3) is 0 Å².